The Morgan fingerprint density at radius 2 is 1.29 bits per heavy atom. The van der Waals surface area contributed by atoms with Crippen molar-refractivity contribution in [1.29, 1.82) is 0 Å². The smallest absolute Gasteiger partial charge is 0.108 e. The molecule has 0 spiro atoms. The lowest BCUT2D eigenvalue weighted by molar-refractivity contribution is 0.798. The highest BCUT2D eigenvalue weighted by Crippen LogP contribution is 2.44. The average molecular weight is 219 g/mol. The number of hydrogen-bond acceptors (Lipinski definition) is 1. The van der Waals surface area contributed by atoms with Gasteiger partial charge in [-0.2, -0.15) is 0 Å². The fourth-order valence-electron chi connectivity index (χ4n) is 2.63. The van der Waals surface area contributed by atoms with Crippen molar-refractivity contribution in [3.63, 3.8) is 0 Å². The second-order valence-corrected chi connectivity index (χ2v) is 4.97. The van der Waals surface area contributed by atoms with Crippen molar-refractivity contribution in [2.75, 3.05) is 0 Å². The van der Waals surface area contributed by atoms with Gasteiger partial charge in [0.2, 0.25) is 0 Å². The van der Waals surface area contributed by atoms with Crippen LogP contribution in [0.15, 0.2) is 36.4 Å². The van der Waals surface area contributed by atoms with Crippen LogP contribution in [0.1, 0.15) is 22.3 Å². The van der Waals surface area contributed by atoms with E-state index < -0.39 is 5.44 Å². The molecule has 1 nitrogen and oxygen atoms in total. The summed E-state index contributed by atoms with van der Waals surface area (Å²) in [5.74, 6) is 0. The van der Waals surface area contributed by atoms with Gasteiger partial charge in [-0.15, -0.1) is 0 Å². The highest BCUT2D eigenvalue weighted by Gasteiger charge is 2.34. The van der Waals surface area contributed by atoms with E-state index in [1.807, 2.05) is 12.1 Å². The Bertz CT molecular complexity index is 561. The summed E-state index contributed by atoms with van der Waals surface area (Å²) in [6.45, 7) is 4.17. The quantitative estimate of drug-likeness (QED) is 0.677. The van der Waals surface area contributed by atoms with E-state index in [4.69, 9.17) is 13.6 Å². The van der Waals surface area contributed by atoms with Gasteiger partial charge in [-0.1, -0.05) is 47.5 Å². The monoisotopic (exact) mass is 219 g/mol. The van der Waals surface area contributed by atoms with Crippen molar-refractivity contribution < 1.29 is 0 Å². The van der Waals surface area contributed by atoms with Crippen molar-refractivity contribution in [2.45, 2.75) is 19.3 Å². The molecule has 82 valence electrons. The van der Waals surface area contributed by atoms with Gasteiger partial charge in [-0.25, -0.2) is 0 Å². The molecule has 2 aromatic rings. The van der Waals surface area contributed by atoms with Crippen molar-refractivity contribution in [2.24, 2.45) is 5.73 Å². The molecule has 2 aromatic carbocycles. The molecule has 1 aliphatic carbocycles. The van der Waals surface area contributed by atoms with Crippen LogP contribution in [0.25, 0.3) is 11.1 Å². The molecule has 3 rings (SSSR count). The topological polar surface area (TPSA) is 26.0 Å². The molecule has 0 aliphatic heterocycles. The molecule has 2 radical (unpaired) electrons. The maximum Gasteiger partial charge on any atom is 0.108 e. The SMILES string of the molecule is [B]C1(N)c2ccc(C)cc2-c2cc(C)ccc21. The summed E-state index contributed by atoms with van der Waals surface area (Å²) in [7, 11) is 6.28. The molecule has 0 saturated carbocycles. The van der Waals surface area contributed by atoms with E-state index in [2.05, 4.69) is 38.1 Å². The minimum atomic E-state index is -0.855. The van der Waals surface area contributed by atoms with Gasteiger partial charge in [0.15, 0.2) is 0 Å². The van der Waals surface area contributed by atoms with Gasteiger partial charge in [-0.3, -0.25) is 0 Å². The number of aryl methyl sites for hydroxylation is 2. The molecule has 17 heavy (non-hydrogen) atoms. The summed E-state index contributed by atoms with van der Waals surface area (Å²) in [5.41, 5.74) is 12.3. The molecule has 1 aliphatic rings. The lowest BCUT2D eigenvalue weighted by atomic mass is 9.71. The van der Waals surface area contributed by atoms with Crippen LogP contribution in [-0.2, 0) is 5.44 Å². The molecule has 0 bridgehead atoms. The Morgan fingerprint density at radius 1 is 0.882 bits per heavy atom. The number of rotatable bonds is 0. The molecule has 2 N–H and O–H groups in total. The van der Waals surface area contributed by atoms with Gasteiger partial charge < -0.3 is 5.73 Å². The first-order chi connectivity index (χ1) is 8.00. The summed E-state index contributed by atoms with van der Waals surface area (Å²) in [6, 6.07) is 12.5. The van der Waals surface area contributed by atoms with Gasteiger partial charge in [0, 0.05) is 5.44 Å². The standard InChI is InChI=1S/C15H14BN/c1-9-3-5-13-11(7-9)12-8-10(2)4-6-14(12)15(13,16)17/h3-8H,17H2,1-2H3. The third-order valence-corrected chi connectivity index (χ3v) is 3.53. The fraction of sp³-hybridized carbons (Fsp3) is 0.200. The highest BCUT2D eigenvalue weighted by atomic mass is 14.7. The van der Waals surface area contributed by atoms with E-state index >= 15 is 0 Å². The zero-order chi connectivity index (χ0) is 12.2. The number of fused-ring (bicyclic) bond motifs is 3. The third kappa shape index (κ3) is 1.37. The second-order valence-electron chi connectivity index (χ2n) is 4.97. The Labute approximate surface area is 103 Å². The van der Waals surface area contributed by atoms with Crippen molar-refractivity contribution in [3.8, 4) is 11.1 Å². The van der Waals surface area contributed by atoms with Crippen LogP contribution in [0.2, 0.25) is 0 Å². The van der Waals surface area contributed by atoms with Gasteiger partial charge in [0.25, 0.3) is 0 Å². The van der Waals surface area contributed by atoms with Gasteiger partial charge in [-0.05, 0) is 36.1 Å². The largest absolute Gasteiger partial charge is 0.325 e. The normalized spacial score (nSPS) is 15.5. The number of benzene rings is 2. The summed E-state index contributed by atoms with van der Waals surface area (Å²) < 4.78 is 0. The zero-order valence-corrected chi connectivity index (χ0v) is 10.1. The minimum absolute atomic E-state index is 0.855. The Kier molecular flexibility index (Phi) is 2.02. The molecule has 0 heterocycles. The summed E-state index contributed by atoms with van der Waals surface area (Å²) >= 11 is 0. The number of hydrogen-bond donors (Lipinski definition) is 1. The van der Waals surface area contributed by atoms with E-state index in [1.54, 1.807) is 0 Å². The Balaban J connectivity index is 2.39. The van der Waals surface area contributed by atoms with E-state index in [1.165, 1.54) is 22.3 Å². The van der Waals surface area contributed by atoms with Crippen LogP contribution in [0.4, 0.5) is 0 Å². The van der Waals surface area contributed by atoms with Crippen molar-refractivity contribution >= 4 is 7.85 Å². The van der Waals surface area contributed by atoms with Gasteiger partial charge >= 0.3 is 0 Å². The van der Waals surface area contributed by atoms with Crippen LogP contribution in [0.3, 0.4) is 0 Å². The highest BCUT2D eigenvalue weighted by molar-refractivity contribution is 6.20. The number of nitrogens with two attached hydrogens (primary N) is 1. The van der Waals surface area contributed by atoms with Gasteiger partial charge in [0.1, 0.15) is 7.85 Å². The van der Waals surface area contributed by atoms with Crippen LogP contribution >= 0.6 is 0 Å². The first kappa shape index (κ1) is 10.6. The first-order valence-electron chi connectivity index (χ1n) is 5.80. The van der Waals surface area contributed by atoms with Crippen LogP contribution in [0.5, 0.6) is 0 Å². The average Bonchev–Trinajstić information content (AvgIpc) is 2.47. The molecular weight excluding hydrogens is 205 g/mol. The lowest BCUT2D eigenvalue weighted by Crippen LogP contribution is -2.36. The van der Waals surface area contributed by atoms with Crippen LogP contribution in [-0.4, -0.2) is 7.85 Å². The van der Waals surface area contributed by atoms with Gasteiger partial charge in [0.05, 0.1) is 0 Å². The van der Waals surface area contributed by atoms with E-state index in [0.717, 1.165) is 11.1 Å². The van der Waals surface area contributed by atoms with Crippen LogP contribution in [0, 0.1) is 13.8 Å². The van der Waals surface area contributed by atoms with E-state index in [-0.39, 0.29) is 0 Å². The van der Waals surface area contributed by atoms with Crippen molar-refractivity contribution in [1.82, 2.24) is 0 Å². The Morgan fingerprint density at radius 3 is 1.71 bits per heavy atom. The molecule has 0 amide bonds. The second kappa shape index (κ2) is 3.24. The lowest BCUT2D eigenvalue weighted by Gasteiger charge is -2.22. The summed E-state index contributed by atoms with van der Waals surface area (Å²) in [5, 5.41) is 0. The third-order valence-electron chi connectivity index (χ3n) is 3.53. The predicted octanol–water partition coefficient (Wildman–Crippen LogP) is 2.61. The van der Waals surface area contributed by atoms with E-state index in [0.29, 0.717) is 0 Å². The van der Waals surface area contributed by atoms with Crippen LogP contribution < -0.4 is 5.73 Å². The summed E-state index contributed by atoms with van der Waals surface area (Å²) in [4.78, 5) is 0. The molecule has 0 fully saturated rings. The van der Waals surface area contributed by atoms with E-state index in [9.17, 15) is 0 Å². The molecule has 0 saturated heterocycles. The maximum atomic E-state index is 6.28. The molecule has 0 aromatic heterocycles. The maximum absolute atomic E-state index is 6.28. The zero-order valence-electron chi connectivity index (χ0n) is 10.1. The first-order valence-corrected chi connectivity index (χ1v) is 5.80. The molecule has 2 heteroatoms. The summed E-state index contributed by atoms with van der Waals surface area (Å²) in [6.07, 6.45) is 0. The van der Waals surface area contributed by atoms with Crippen molar-refractivity contribution in [3.05, 3.63) is 58.7 Å². The molecule has 0 unspecified atom stereocenters. The predicted molar refractivity (Wildman–Crippen MR) is 72.1 cm³/mol. The fourth-order valence-corrected chi connectivity index (χ4v) is 2.63. The molecule has 0 atom stereocenters. The minimum Gasteiger partial charge on any atom is -0.325 e. The molecular formula is C15H14BN. The Hall–Kier alpha value is -1.54.